The Morgan fingerprint density at radius 2 is 2.21 bits per heavy atom. The van der Waals surface area contributed by atoms with Gasteiger partial charge in [-0.2, -0.15) is 10.1 Å². The second-order valence-electron chi connectivity index (χ2n) is 6.01. The van der Waals surface area contributed by atoms with Crippen LogP contribution in [0.4, 0.5) is 10.1 Å². The van der Waals surface area contributed by atoms with Crippen LogP contribution in [0.5, 0.6) is 0 Å². The van der Waals surface area contributed by atoms with Crippen molar-refractivity contribution < 1.29 is 13.7 Å². The summed E-state index contributed by atoms with van der Waals surface area (Å²) in [6.07, 6.45) is 4.53. The fraction of sp³-hybridized carbons (Fsp3) is 0.158. The minimum Gasteiger partial charge on any atom is -0.339 e. The van der Waals surface area contributed by atoms with Crippen molar-refractivity contribution in [3.05, 3.63) is 65.9 Å². The Hall–Kier alpha value is -3.33. The van der Waals surface area contributed by atoms with Crippen molar-refractivity contribution >= 4 is 22.9 Å². The van der Waals surface area contributed by atoms with Gasteiger partial charge >= 0.3 is 0 Å². The second kappa shape index (κ2) is 8.13. The first-order valence-electron chi connectivity index (χ1n) is 8.65. The lowest BCUT2D eigenvalue weighted by molar-refractivity contribution is -0.116. The standard InChI is InChI=1S/C19H16FN5O2S/c20-14-12-13(7-8-15(14)25-10-3-9-21-25)22-17(26)5-1-6-18-23-19(24-27-18)16-4-2-11-28-16/h2-4,7-12H,1,5-6H2,(H,22,26). The molecule has 0 unspecified atom stereocenters. The first kappa shape index (κ1) is 18.1. The monoisotopic (exact) mass is 397 g/mol. The maximum atomic E-state index is 14.2. The van der Waals surface area contributed by atoms with Gasteiger partial charge in [0.05, 0.1) is 4.88 Å². The molecule has 0 atom stereocenters. The van der Waals surface area contributed by atoms with Crippen molar-refractivity contribution in [3.8, 4) is 16.4 Å². The molecule has 0 aliphatic heterocycles. The van der Waals surface area contributed by atoms with Gasteiger partial charge in [0.25, 0.3) is 0 Å². The van der Waals surface area contributed by atoms with Crippen LogP contribution in [0.15, 0.2) is 58.7 Å². The van der Waals surface area contributed by atoms with Gasteiger partial charge in [-0.05, 0) is 42.1 Å². The molecule has 142 valence electrons. The normalized spacial score (nSPS) is 10.9. The van der Waals surface area contributed by atoms with E-state index in [0.29, 0.717) is 35.9 Å². The topological polar surface area (TPSA) is 85.8 Å². The van der Waals surface area contributed by atoms with Crippen LogP contribution < -0.4 is 5.32 Å². The number of aryl methyl sites for hydroxylation is 1. The van der Waals surface area contributed by atoms with E-state index in [1.165, 1.54) is 22.1 Å². The zero-order valence-electron chi connectivity index (χ0n) is 14.7. The number of nitrogens with zero attached hydrogens (tertiary/aromatic N) is 4. The molecule has 0 fully saturated rings. The van der Waals surface area contributed by atoms with Crippen molar-refractivity contribution in [1.82, 2.24) is 19.9 Å². The van der Waals surface area contributed by atoms with Crippen LogP contribution in [0.3, 0.4) is 0 Å². The van der Waals surface area contributed by atoms with E-state index in [1.807, 2.05) is 17.5 Å². The molecule has 0 radical (unpaired) electrons. The predicted octanol–water partition coefficient (Wildman–Crippen LogP) is 4.08. The first-order chi connectivity index (χ1) is 13.7. The lowest BCUT2D eigenvalue weighted by atomic mass is 10.2. The molecule has 1 N–H and O–H groups in total. The molecule has 3 aromatic heterocycles. The number of rotatable bonds is 7. The Kier molecular flexibility index (Phi) is 5.24. The molecule has 7 nitrogen and oxygen atoms in total. The van der Waals surface area contributed by atoms with E-state index in [4.69, 9.17) is 4.52 Å². The van der Waals surface area contributed by atoms with Crippen LogP contribution in [-0.4, -0.2) is 25.8 Å². The Morgan fingerprint density at radius 3 is 2.96 bits per heavy atom. The highest BCUT2D eigenvalue weighted by molar-refractivity contribution is 7.13. The van der Waals surface area contributed by atoms with E-state index in [9.17, 15) is 9.18 Å². The van der Waals surface area contributed by atoms with Gasteiger partial charge in [-0.1, -0.05) is 11.2 Å². The summed E-state index contributed by atoms with van der Waals surface area (Å²) in [5, 5.41) is 12.6. The lowest BCUT2D eigenvalue weighted by Gasteiger charge is -2.08. The molecule has 9 heteroatoms. The molecule has 4 aromatic rings. The van der Waals surface area contributed by atoms with Crippen LogP contribution in [-0.2, 0) is 11.2 Å². The second-order valence-corrected chi connectivity index (χ2v) is 6.96. The number of hydrogen-bond donors (Lipinski definition) is 1. The molecule has 0 aliphatic rings. The molecule has 0 saturated carbocycles. The number of thiophene rings is 1. The molecular formula is C19H16FN5O2S. The van der Waals surface area contributed by atoms with Crippen molar-refractivity contribution in [2.24, 2.45) is 0 Å². The number of carbonyl (C=O) groups excluding carboxylic acids is 1. The lowest BCUT2D eigenvalue weighted by Crippen LogP contribution is -2.12. The van der Waals surface area contributed by atoms with Crippen molar-refractivity contribution in [1.29, 1.82) is 0 Å². The van der Waals surface area contributed by atoms with Gasteiger partial charge in [0.2, 0.25) is 17.6 Å². The molecule has 3 heterocycles. The third-order valence-corrected chi connectivity index (χ3v) is 4.85. The van der Waals surface area contributed by atoms with Gasteiger partial charge in [0, 0.05) is 30.9 Å². The summed E-state index contributed by atoms with van der Waals surface area (Å²) in [5.41, 5.74) is 0.720. The summed E-state index contributed by atoms with van der Waals surface area (Å²) in [5.74, 6) is 0.380. The van der Waals surface area contributed by atoms with Gasteiger partial charge in [-0.15, -0.1) is 11.3 Å². The third kappa shape index (κ3) is 4.15. The van der Waals surface area contributed by atoms with Crippen LogP contribution in [0, 0.1) is 5.82 Å². The number of amides is 1. The Balaban J connectivity index is 1.28. The largest absolute Gasteiger partial charge is 0.339 e. The Bertz CT molecular complexity index is 1060. The van der Waals surface area contributed by atoms with Gasteiger partial charge in [-0.25, -0.2) is 9.07 Å². The highest BCUT2D eigenvalue weighted by Gasteiger charge is 2.11. The smallest absolute Gasteiger partial charge is 0.226 e. The molecular weight excluding hydrogens is 381 g/mol. The first-order valence-corrected chi connectivity index (χ1v) is 9.53. The number of benzene rings is 1. The Labute approximate surface area is 163 Å². The average Bonchev–Trinajstić information content (AvgIpc) is 3.44. The van der Waals surface area contributed by atoms with E-state index in [0.717, 1.165) is 4.88 Å². The van der Waals surface area contributed by atoms with Gasteiger partial charge in [-0.3, -0.25) is 4.79 Å². The summed E-state index contributed by atoms with van der Waals surface area (Å²) in [7, 11) is 0. The number of aromatic nitrogens is 4. The molecule has 1 amide bonds. The van der Waals surface area contributed by atoms with E-state index in [1.54, 1.807) is 30.6 Å². The maximum absolute atomic E-state index is 14.2. The minimum atomic E-state index is -0.464. The fourth-order valence-electron chi connectivity index (χ4n) is 2.67. The zero-order chi connectivity index (χ0) is 19.3. The van der Waals surface area contributed by atoms with Crippen LogP contribution in [0.1, 0.15) is 18.7 Å². The molecule has 0 saturated heterocycles. The van der Waals surface area contributed by atoms with Gasteiger partial charge in [0.15, 0.2) is 5.82 Å². The van der Waals surface area contributed by atoms with Gasteiger partial charge < -0.3 is 9.84 Å². The van der Waals surface area contributed by atoms with E-state index >= 15 is 0 Å². The van der Waals surface area contributed by atoms with Crippen LogP contribution in [0.25, 0.3) is 16.4 Å². The summed E-state index contributed by atoms with van der Waals surface area (Å²) in [6.45, 7) is 0. The highest BCUT2D eigenvalue weighted by atomic mass is 32.1. The van der Waals surface area contributed by atoms with E-state index < -0.39 is 5.82 Å². The minimum absolute atomic E-state index is 0.204. The third-order valence-electron chi connectivity index (χ3n) is 3.99. The highest BCUT2D eigenvalue weighted by Crippen LogP contribution is 2.22. The zero-order valence-corrected chi connectivity index (χ0v) is 15.5. The molecule has 0 spiro atoms. The van der Waals surface area contributed by atoms with Gasteiger partial charge in [0.1, 0.15) is 5.69 Å². The summed E-state index contributed by atoms with van der Waals surface area (Å²) >= 11 is 1.54. The predicted molar refractivity (Wildman–Crippen MR) is 103 cm³/mol. The number of halogens is 1. The number of anilines is 1. The molecule has 4 rings (SSSR count). The van der Waals surface area contributed by atoms with Crippen LogP contribution >= 0.6 is 11.3 Å². The number of nitrogens with one attached hydrogen (secondary N) is 1. The summed E-state index contributed by atoms with van der Waals surface area (Å²) in [6, 6.07) is 10.0. The van der Waals surface area contributed by atoms with Crippen LogP contribution in [0.2, 0.25) is 0 Å². The molecule has 0 aliphatic carbocycles. The van der Waals surface area contributed by atoms with E-state index in [-0.39, 0.29) is 12.3 Å². The van der Waals surface area contributed by atoms with Crippen molar-refractivity contribution in [2.75, 3.05) is 5.32 Å². The van der Waals surface area contributed by atoms with E-state index in [2.05, 4.69) is 20.6 Å². The summed E-state index contributed by atoms with van der Waals surface area (Å²) < 4.78 is 20.9. The molecule has 28 heavy (non-hydrogen) atoms. The number of hydrogen-bond acceptors (Lipinski definition) is 6. The van der Waals surface area contributed by atoms with Crippen molar-refractivity contribution in [3.63, 3.8) is 0 Å². The van der Waals surface area contributed by atoms with Crippen molar-refractivity contribution in [2.45, 2.75) is 19.3 Å². The Morgan fingerprint density at radius 1 is 1.29 bits per heavy atom. The average molecular weight is 397 g/mol. The quantitative estimate of drug-likeness (QED) is 0.508. The number of carbonyl (C=O) groups is 1. The maximum Gasteiger partial charge on any atom is 0.226 e. The SMILES string of the molecule is O=C(CCCc1nc(-c2cccs2)no1)Nc1ccc(-n2cccn2)c(F)c1. The summed E-state index contributed by atoms with van der Waals surface area (Å²) in [4.78, 5) is 17.4. The molecule has 1 aromatic carbocycles. The fourth-order valence-corrected chi connectivity index (χ4v) is 3.32. The molecule has 0 bridgehead atoms.